The molecule has 2 heterocycles. The second-order valence-electron chi connectivity index (χ2n) is 10.2. The molecule has 1 aliphatic carbocycles. The topological polar surface area (TPSA) is 57.2 Å². The molecule has 2 aromatic carbocycles. The van der Waals surface area contributed by atoms with Gasteiger partial charge in [0.25, 0.3) is 0 Å². The Bertz CT molecular complexity index is 1140. The van der Waals surface area contributed by atoms with Gasteiger partial charge < -0.3 is 10.1 Å². The summed E-state index contributed by atoms with van der Waals surface area (Å²) in [7, 11) is 1.33. The van der Waals surface area contributed by atoms with Crippen LogP contribution in [0.1, 0.15) is 56.1 Å². The summed E-state index contributed by atoms with van der Waals surface area (Å²) >= 11 is 0. The second kappa shape index (κ2) is 10.4. The van der Waals surface area contributed by atoms with Crippen molar-refractivity contribution in [2.24, 2.45) is 4.99 Å². The lowest BCUT2D eigenvalue weighted by Gasteiger charge is -2.46. The highest BCUT2D eigenvalue weighted by Crippen LogP contribution is 2.45. The normalized spacial score (nSPS) is 20.8. The van der Waals surface area contributed by atoms with Crippen LogP contribution in [0.5, 0.6) is 5.75 Å². The molecule has 5 rings (SSSR count). The molecular formula is C28H33F3N4O2. The van der Waals surface area contributed by atoms with Gasteiger partial charge in [0.1, 0.15) is 17.1 Å². The lowest BCUT2D eigenvalue weighted by atomic mass is 9.83. The zero-order valence-corrected chi connectivity index (χ0v) is 21.1. The molecule has 0 unspecified atom stereocenters. The Morgan fingerprint density at radius 2 is 1.76 bits per heavy atom. The van der Waals surface area contributed by atoms with Crippen LogP contribution in [-0.2, 0) is 12.7 Å². The minimum Gasteiger partial charge on any atom is -0.497 e. The van der Waals surface area contributed by atoms with Gasteiger partial charge in [-0.25, -0.2) is 4.79 Å². The van der Waals surface area contributed by atoms with Gasteiger partial charge in [0.2, 0.25) is 0 Å². The van der Waals surface area contributed by atoms with E-state index in [2.05, 4.69) is 27.3 Å². The van der Waals surface area contributed by atoms with Crippen molar-refractivity contribution in [1.82, 2.24) is 10.2 Å². The summed E-state index contributed by atoms with van der Waals surface area (Å²) in [5.41, 5.74) is -0.822. The predicted molar refractivity (Wildman–Crippen MR) is 137 cm³/mol. The zero-order chi connectivity index (χ0) is 26.0. The van der Waals surface area contributed by atoms with Crippen LogP contribution in [0.15, 0.2) is 53.5 Å². The summed E-state index contributed by atoms with van der Waals surface area (Å²) in [6.07, 6.45) is 1.64. The van der Waals surface area contributed by atoms with Crippen molar-refractivity contribution in [2.75, 3.05) is 25.1 Å². The molecule has 0 bridgehead atoms. The molecular weight excluding hydrogens is 481 g/mol. The van der Waals surface area contributed by atoms with Gasteiger partial charge in [-0.1, -0.05) is 49.6 Å². The number of piperidine rings is 1. The van der Waals surface area contributed by atoms with Crippen molar-refractivity contribution >= 4 is 17.6 Å². The van der Waals surface area contributed by atoms with Gasteiger partial charge in [0.15, 0.2) is 0 Å². The molecule has 1 saturated carbocycles. The number of methoxy groups -OCH3 is 1. The fourth-order valence-electron chi connectivity index (χ4n) is 5.93. The summed E-state index contributed by atoms with van der Waals surface area (Å²) < 4.78 is 47.7. The molecule has 3 aliphatic rings. The van der Waals surface area contributed by atoms with Crippen molar-refractivity contribution in [3.8, 4) is 5.75 Å². The molecule has 2 fully saturated rings. The summed E-state index contributed by atoms with van der Waals surface area (Å²) in [5.74, 6) is 0.614. The summed E-state index contributed by atoms with van der Waals surface area (Å²) in [6.45, 7) is 2.03. The first-order chi connectivity index (χ1) is 17.8. The highest BCUT2D eigenvalue weighted by molar-refractivity contribution is 6.16. The van der Waals surface area contributed by atoms with Crippen LogP contribution < -0.4 is 15.0 Å². The molecule has 1 saturated heterocycles. The Hall–Kier alpha value is -3.07. The van der Waals surface area contributed by atoms with Crippen LogP contribution in [0.2, 0.25) is 0 Å². The number of hydrogen-bond acceptors (Lipinski definition) is 4. The smallest absolute Gasteiger partial charge is 0.418 e. The number of amides is 2. The Morgan fingerprint density at radius 3 is 2.41 bits per heavy atom. The molecule has 0 atom stereocenters. The third kappa shape index (κ3) is 5.19. The maximum Gasteiger partial charge on any atom is 0.418 e. The monoisotopic (exact) mass is 514 g/mol. The lowest BCUT2D eigenvalue weighted by molar-refractivity contribution is -0.137. The first-order valence-corrected chi connectivity index (χ1v) is 13.0. The highest BCUT2D eigenvalue weighted by atomic mass is 19.4. The minimum absolute atomic E-state index is 0.0934. The van der Waals surface area contributed by atoms with E-state index in [0.29, 0.717) is 31.8 Å². The Balaban J connectivity index is 1.48. The molecule has 6 nitrogen and oxygen atoms in total. The molecule has 2 aliphatic heterocycles. The summed E-state index contributed by atoms with van der Waals surface area (Å²) in [4.78, 5) is 21.4. The van der Waals surface area contributed by atoms with Crippen LogP contribution >= 0.6 is 0 Å². The number of anilines is 1. The Labute approximate surface area is 215 Å². The van der Waals surface area contributed by atoms with E-state index in [1.807, 2.05) is 18.2 Å². The third-order valence-corrected chi connectivity index (χ3v) is 7.90. The SMILES string of the molecule is COc1ccc(N2C(=O)N=C(NC3CCCCC3)C23CCN(Cc2ccccc2)CC3)c(C(F)(F)F)c1. The molecule has 0 radical (unpaired) electrons. The molecule has 1 spiro atoms. The van der Waals surface area contributed by atoms with E-state index in [1.54, 1.807) is 0 Å². The van der Waals surface area contributed by atoms with Crippen molar-refractivity contribution in [2.45, 2.75) is 69.2 Å². The molecule has 0 aromatic heterocycles. The maximum atomic E-state index is 14.2. The van der Waals surface area contributed by atoms with Crippen LogP contribution in [-0.4, -0.2) is 48.5 Å². The largest absolute Gasteiger partial charge is 0.497 e. The van der Waals surface area contributed by atoms with Crippen molar-refractivity contribution in [3.63, 3.8) is 0 Å². The first kappa shape index (κ1) is 25.6. The van der Waals surface area contributed by atoms with Gasteiger partial charge in [0.05, 0.1) is 18.4 Å². The average Bonchev–Trinajstić information content (AvgIpc) is 3.15. The van der Waals surface area contributed by atoms with Gasteiger partial charge in [-0.05, 0) is 49.4 Å². The number of carbonyl (C=O) groups excluding carboxylic acids is 1. The van der Waals surface area contributed by atoms with Crippen molar-refractivity contribution in [1.29, 1.82) is 0 Å². The quantitative estimate of drug-likeness (QED) is 0.531. The average molecular weight is 515 g/mol. The van der Waals surface area contributed by atoms with E-state index in [0.717, 1.165) is 38.3 Å². The van der Waals surface area contributed by atoms with Crippen LogP contribution in [0.3, 0.4) is 0 Å². The standard InChI is InChI=1S/C28H33F3N4O2/c1-37-22-12-13-24(23(18-22)28(29,30)31)35-26(36)33-25(32-21-10-6-3-7-11-21)27(35)14-16-34(17-15-27)19-20-8-4-2-5-9-20/h2,4-5,8-9,12-13,18,21H,3,6-7,10-11,14-17,19H2,1H3,(H,32,33,36). The number of nitrogens with one attached hydrogen (secondary N) is 1. The number of rotatable bonds is 5. The molecule has 9 heteroatoms. The van der Waals surface area contributed by atoms with Crippen molar-refractivity contribution in [3.05, 3.63) is 59.7 Å². The number of likely N-dealkylation sites (tertiary alicyclic amines) is 1. The van der Waals surface area contributed by atoms with E-state index < -0.39 is 23.3 Å². The fraction of sp³-hybridized carbons (Fsp3) is 0.500. The summed E-state index contributed by atoms with van der Waals surface area (Å²) in [5, 5.41) is 3.52. The van der Waals surface area contributed by atoms with E-state index >= 15 is 0 Å². The molecule has 37 heavy (non-hydrogen) atoms. The second-order valence-corrected chi connectivity index (χ2v) is 10.2. The van der Waals surface area contributed by atoms with Crippen LogP contribution in [0, 0.1) is 0 Å². The van der Waals surface area contributed by atoms with E-state index in [4.69, 9.17) is 4.74 Å². The lowest BCUT2D eigenvalue weighted by Crippen LogP contribution is -2.62. The van der Waals surface area contributed by atoms with Gasteiger partial charge in [-0.3, -0.25) is 9.80 Å². The molecule has 1 N–H and O–H groups in total. The number of ether oxygens (including phenoxy) is 1. The zero-order valence-electron chi connectivity index (χ0n) is 21.1. The molecule has 2 aromatic rings. The number of benzene rings is 2. The first-order valence-electron chi connectivity index (χ1n) is 13.0. The number of halogens is 3. The number of amidine groups is 1. The van der Waals surface area contributed by atoms with E-state index in [1.165, 1.54) is 36.1 Å². The van der Waals surface area contributed by atoms with E-state index in [-0.39, 0.29) is 17.5 Å². The third-order valence-electron chi connectivity index (χ3n) is 7.90. The summed E-state index contributed by atoms with van der Waals surface area (Å²) in [6, 6.07) is 13.4. The predicted octanol–water partition coefficient (Wildman–Crippen LogP) is 6.01. The number of urea groups is 1. The molecule has 198 valence electrons. The number of nitrogens with zero attached hydrogens (tertiary/aromatic N) is 3. The Morgan fingerprint density at radius 1 is 1.05 bits per heavy atom. The minimum atomic E-state index is -4.65. The van der Waals surface area contributed by atoms with Crippen molar-refractivity contribution < 1.29 is 22.7 Å². The van der Waals surface area contributed by atoms with Gasteiger partial charge >= 0.3 is 12.2 Å². The Kier molecular flexibility index (Phi) is 7.16. The van der Waals surface area contributed by atoms with Gasteiger partial charge in [0, 0.05) is 25.7 Å². The van der Waals surface area contributed by atoms with E-state index in [9.17, 15) is 18.0 Å². The fourth-order valence-corrected chi connectivity index (χ4v) is 5.93. The van der Waals surface area contributed by atoms with Crippen LogP contribution in [0.25, 0.3) is 0 Å². The number of aliphatic imine (C=N–C) groups is 1. The maximum absolute atomic E-state index is 14.2. The van der Waals surface area contributed by atoms with Gasteiger partial charge in [-0.2, -0.15) is 18.2 Å². The van der Waals surface area contributed by atoms with Crippen LogP contribution in [0.4, 0.5) is 23.7 Å². The highest BCUT2D eigenvalue weighted by Gasteiger charge is 2.54. The number of carbonyl (C=O) groups is 1. The number of alkyl halides is 3. The van der Waals surface area contributed by atoms with Gasteiger partial charge in [-0.15, -0.1) is 0 Å². The number of hydrogen-bond donors (Lipinski definition) is 1. The molecule has 2 amide bonds.